The molecule has 0 aliphatic heterocycles. The number of aromatic nitrogens is 2. The second-order valence-electron chi connectivity index (χ2n) is 6.19. The van der Waals surface area contributed by atoms with Crippen LogP contribution >= 0.6 is 24.0 Å². The standard InChI is InChI=1S/C20H31N5O2.HI/c1-4-27-13-5-11-21-20(22-12-10-18-15-24-25(2)16-18)23-14-17-6-8-19(26-3)9-7-17;/h6-9,15-16H,4-5,10-14H2,1-3H3,(H2,21,22,23);1H. The van der Waals surface area contributed by atoms with E-state index in [9.17, 15) is 0 Å². The van der Waals surface area contributed by atoms with E-state index >= 15 is 0 Å². The topological polar surface area (TPSA) is 72.7 Å². The molecule has 0 bridgehead atoms. The predicted octanol–water partition coefficient (Wildman–Crippen LogP) is 2.75. The highest BCUT2D eigenvalue weighted by Gasteiger charge is 2.01. The highest BCUT2D eigenvalue weighted by Crippen LogP contribution is 2.11. The smallest absolute Gasteiger partial charge is 0.191 e. The Morgan fingerprint density at radius 3 is 2.54 bits per heavy atom. The number of aliphatic imine (C=N–C) groups is 1. The Hall–Kier alpha value is -1.81. The lowest BCUT2D eigenvalue weighted by molar-refractivity contribution is 0.145. The highest BCUT2D eigenvalue weighted by atomic mass is 127. The van der Waals surface area contributed by atoms with Gasteiger partial charge in [0.05, 0.1) is 19.9 Å². The lowest BCUT2D eigenvalue weighted by Crippen LogP contribution is -2.39. The van der Waals surface area contributed by atoms with Gasteiger partial charge in [0.15, 0.2) is 5.96 Å². The number of nitrogens with zero attached hydrogens (tertiary/aromatic N) is 3. The van der Waals surface area contributed by atoms with Gasteiger partial charge in [-0.05, 0) is 43.0 Å². The first-order valence-electron chi connectivity index (χ1n) is 9.41. The molecule has 0 amide bonds. The Labute approximate surface area is 184 Å². The van der Waals surface area contributed by atoms with Crippen LogP contribution in [0, 0.1) is 0 Å². The summed E-state index contributed by atoms with van der Waals surface area (Å²) in [6, 6.07) is 7.97. The summed E-state index contributed by atoms with van der Waals surface area (Å²) in [6.45, 7) is 5.74. The van der Waals surface area contributed by atoms with Gasteiger partial charge in [-0.2, -0.15) is 5.10 Å². The molecule has 156 valence electrons. The van der Waals surface area contributed by atoms with Gasteiger partial charge >= 0.3 is 0 Å². The second-order valence-corrected chi connectivity index (χ2v) is 6.19. The van der Waals surface area contributed by atoms with Gasteiger partial charge in [-0.3, -0.25) is 4.68 Å². The lowest BCUT2D eigenvalue weighted by atomic mass is 10.2. The number of rotatable bonds is 11. The van der Waals surface area contributed by atoms with Crippen LogP contribution in [0.1, 0.15) is 24.5 Å². The van der Waals surface area contributed by atoms with Gasteiger partial charge in [-0.1, -0.05) is 12.1 Å². The lowest BCUT2D eigenvalue weighted by Gasteiger charge is -2.12. The number of hydrogen-bond acceptors (Lipinski definition) is 4. The third kappa shape index (κ3) is 9.41. The van der Waals surface area contributed by atoms with Gasteiger partial charge in [0.25, 0.3) is 0 Å². The van der Waals surface area contributed by atoms with Gasteiger partial charge in [0.1, 0.15) is 5.75 Å². The van der Waals surface area contributed by atoms with Crippen LogP contribution in [0.25, 0.3) is 0 Å². The van der Waals surface area contributed by atoms with E-state index in [0.717, 1.165) is 56.4 Å². The first-order valence-corrected chi connectivity index (χ1v) is 9.41. The van der Waals surface area contributed by atoms with E-state index in [1.165, 1.54) is 5.56 Å². The molecule has 1 aromatic heterocycles. The van der Waals surface area contributed by atoms with Crippen LogP contribution in [0.3, 0.4) is 0 Å². The van der Waals surface area contributed by atoms with E-state index in [-0.39, 0.29) is 24.0 Å². The number of ether oxygens (including phenoxy) is 2. The number of aryl methyl sites for hydroxylation is 1. The summed E-state index contributed by atoms with van der Waals surface area (Å²) in [6.07, 6.45) is 5.77. The Morgan fingerprint density at radius 1 is 1.14 bits per heavy atom. The molecule has 2 N–H and O–H groups in total. The number of hydrogen-bond donors (Lipinski definition) is 2. The summed E-state index contributed by atoms with van der Waals surface area (Å²) >= 11 is 0. The van der Waals surface area contributed by atoms with Crippen LogP contribution in [-0.4, -0.2) is 49.2 Å². The summed E-state index contributed by atoms with van der Waals surface area (Å²) in [5.41, 5.74) is 2.34. The first-order chi connectivity index (χ1) is 13.2. The molecule has 0 unspecified atom stereocenters. The van der Waals surface area contributed by atoms with Crippen LogP contribution < -0.4 is 15.4 Å². The van der Waals surface area contributed by atoms with Crippen molar-refractivity contribution >= 4 is 29.9 Å². The van der Waals surface area contributed by atoms with Gasteiger partial charge in [0, 0.05) is 39.5 Å². The normalized spacial score (nSPS) is 11.0. The molecule has 0 atom stereocenters. The van der Waals surface area contributed by atoms with Crippen molar-refractivity contribution in [2.24, 2.45) is 12.0 Å². The molecule has 0 aliphatic carbocycles. The fourth-order valence-electron chi connectivity index (χ4n) is 2.53. The highest BCUT2D eigenvalue weighted by molar-refractivity contribution is 14.0. The summed E-state index contributed by atoms with van der Waals surface area (Å²) in [5, 5.41) is 11.0. The third-order valence-electron chi connectivity index (χ3n) is 4.01. The molecule has 7 nitrogen and oxygen atoms in total. The third-order valence-corrected chi connectivity index (χ3v) is 4.01. The number of nitrogens with one attached hydrogen (secondary N) is 2. The number of guanidine groups is 1. The average molecular weight is 501 g/mol. The van der Waals surface area contributed by atoms with E-state index in [1.54, 1.807) is 7.11 Å². The van der Waals surface area contributed by atoms with E-state index < -0.39 is 0 Å². The van der Waals surface area contributed by atoms with Crippen molar-refractivity contribution in [1.29, 1.82) is 0 Å². The zero-order chi connectivity index (χ0) is 19.3. The number of benzene rings is 1. The maximum absolute atomic E-state index is 5.39. The molecule has 0 aliphatic rings. The zero-order valence-corrected chi connectivity index (χ0v) is 19.3. The van der Waals surface area contributed by atoms with E-state index in [2.05, 4.69) is 15.7 Å². The predicted molar refractivity (Wildman–Crippen MR) is 124 cm³/mol. The van der Waals surface area contributed by atoms with Crippen molar-refractivity contribution in [3.05, 3.63) is 47.8 Å². The van der Waals surface area contributed by atoms with Crippen molar-refractivity contribution in [2.75, 3.05) is 33.4 Å². The van der Waals surface area contributed by atoms with Crippen molar-refractivity contribution in [2.45, 2.75) is 26.3 Å². The molecule has 0 saturated heterocycles. The van der Waals surface area contributed by atoms with Crippen LogP contribution in [0.5, 0.6) is 5.75 Å². The Balaban J connectivity index is 0.00000392. The molecule has 0 spiro atoms. The minimum absolute atomic E-state index is 0. The second kappa shape index (κ2) is 14.2. The van der Waals surface area contributed by atoms with Crippen LogP contribution in [0.15, 0.2) is 41.7 Å². The number of methoxy groups -OCH3 is 1. The zero-order valence-electron chi connectivity index (χ0n) is 17.0. The van der Waals surface area contributed by atoms with Crippen LogP contribution in [0.2, 0.25) is 0 Å². The number of halogens is 1. The molecule has 1 heterocycles. The fourth-order valence-corrected chi connectivity index (χ4v) is 2.53. The molecular formula is C20H32IN5O2. The molecule has 0 saturated carbocycles. The summed E-state index contributed by atoms with van der Waals surface area (Å²) in [7, 11) is 3.60. The molecule has 0 radical (unpaired) electrons. The summed E-state index contributed by atoms with van der Waals surface area (Å²) in [5.74, 6) is 1.66. The van der Waals surface area contributed by atoms with Crippen LogP contribution in [0.4, 0.5) is 0 Å². The van der Waals surface area contributed by atoms with Gasteiger partial charge in [0.2, 0.25) is 0 Å². The van der Waals surface area contributed by atoms with Crippen molar-refractivity contribution in [3.8, 4) is 5.75 Å². The summed E-state index contributed by atoms with van der Waals surface area (Å²) < 4.78 is 12.4. The Bertz CT molecular complexity index is 688. The van der Waals surface area contributed by atoms with Gasteiger partial charge < -0.3 is 20.1 Å². The van der Waals surface area contributed by atoms with Crippen molar-refractivity contribution < 1.29 is 9.47 Å². The minimum Gasteiger partial charge on any atom is -0.497 e. The Morgan fingerprint density at radius 2 is 1.89 bits per heavy atom. The fraction of sp³-hybridized carbons (Fsp3) is 0.500. The average Bonchev–Trinajstić information content (AvgIpc) is 3.11. The molecule has 2 rings (SSSR count). The molecule has 2 aromatic rings. The molecule has 0 fully saturated rings. The maximum Gasteiger partial charge on any atom is 0.191 e. The maximum atomic E-state index is 5.39. The largest absolute Gasteiger partial charge is 0.497 e. The monoisotopic (exact) mass is 501 g/mol. The van der Waals surface area contributed by atoms with E-state index in [4.69, 9.17) is 14.5 Å². The molecule has 28 heavy (non-hydrogen) atoms. The first kappa shape index (κ1) is 24.2. The molecule has 8 heteroatoms. The Kier molecular flexibility index (Phi) is 12.3. The SMILES string of the molecule is CCOCCCNC(=NCc1ccc(OC)cc1)NCCc1cnn(C)c1.I. The van der Waals surface area contributed by atoms with E-state index in [0.29, 0.717) is 6.54 Å². The van der Waals surface area contributed by atoms with Gasteiger partial charge in [-0.25, -0.2) is 4.99 Å². The van der Waals surface area contributed by atoms with Gasteiger partial charge in [-0.15, -0.1) is 24.0 Å². The van der Waals surface area contributed by atoms with Crippen LogP contribution in [-0.2, 0) is 24.8 Å². The molecular weight excluding hydrogens is 469 g/mol. The summed E-state index contributed by atoms with van der Waals surface area (Å²) in [4.78, 5) is 4.70. The van der Waals surface area contributed by atoms with Crippen molar-refractivity contribution in [1.82, 2.24) is 20.4 Å². The molecule has 1 aromatic carbocycles. The van der Waals surface area contributed by atoms with Crippen molar-refractivity contribution in [3.63, 3.8) is 0 Å². The quantitative estimate of drug-likeness (QED) is 0.215. The minimum atomic E-state index is 0. The van der Waals surface area contributed by atoms with E-state index in [1.807, 2.05) is 55.3 Å².